The number of ether oxygens (including phenoxy) is 2. The molecule has 1 saturated heterocycles. The number of carbonyl (C=O) groups is 1. The fourth-order valence-corrected chi connectivity index (χ4v) is 4.09. The van der Waals surface area contributed by atoms with E-state index in [2.05, 4.69) is 5.32 Å². The summed E-state index contributed by atoms with van der Waals surface area (Å²) in [6, 6.07) is 8.92. The number of hydrogen-bond acceptors (Lipinski definition) is 8. The first kappa shape index (κ1) is 26.2. The third-order valence-corrected chi connectivity index (χ3v) is 6.34. The first-order valence-corrected chi connectivity index (χ1v) is 12.0. The second kappa shape index (κ2) is 10.3. The van der Waals surface area contributed by atoms with Crippen molar-refractivity contribution >= 4 is 22.6 Å². The largest absolute Gasteiger partial charge is 0.508 e. The van der Waals surface area contributed by atoms with Gasteiger partial charge in [-0.3, -0.25) is 4.79 Å². The summed E-state index contributed by atoms with van der Waals surface area (Å²) in [5, 5.41) is 33.5. The third kappa shape index (κ3) is 5.79. The van der Waals surface area contributed by atoms with Crippen LogP contribution in [0, 0.1) is 0 Å². The molecule has 2 heterocycles. The zero-order valence-corrected chi connectivity index (χ0v) is 21.2. The fraction of sp³-hybridized carbons (Fsp3) is 0.357. The van der Waals surface area contributed by atoms with E-state index in [0.29, 0.717) is 30.6 Å². The van der Waals surface area contributed by atoms with E-state index in [0.717, 1.165) is 5.57 Å². The molecule has 0 bridgehead atoms. The number of hydrogen-bond donors (Lipinski definition) is 4. The molecule has 3 aromatic rings. The molecule has 0 saturated carbocycles. The van der Waals surface area contributed by atoms with Crippen LogP contribution in [-0.2, 0) is 11.2 Å². The first-order valence-electron chi connectivity index (χ1n) is 12.0. The number of benzene rings is 2. The number of phenols is 1. The standard InChI is InChI=1S/C28H31NO8/c1-15(2)5-6-16-13-17(7-10-20(16)30)26(33)29-24-25(32)19-9-8-18(14-21(19)36-27(24)34)35-23-12-11-22(31)28(3,4)37-23/h5,7-10,13-14,22-23,30-32H,6,11-12H2,1-4H3,(H,29,33). The molecule has 4 rings (SSSR count). The highest BCUT2D eigenvalue weighted by molar-refractivity contribution is 6.06. The van der Waals surface area contributed by atoms with Crippen molar-refractivity contribution in [3.8, 4) is 17.2 Å². The van der Waals surface area contributed by atoms with Gasteiger partial charge in [0, 0.05) is 18.1 Å². The summed E-state index contributed by atoms with van der Waals surface area (Å²) in [5.74, 6) is -0.664. The molecule has 0 aliphatic carbocycles. The molecule has 37 heavy (non-hydrogen) atoms. The quantitative estimate of drug-likeness (QED) is 0.279. The Bertz CT molecular complexity index is 1420. The summed E-state index contributed by atoms with van der Waals surface area (Å²) in [6.07, 6.45) is 2.16. The van der Waals surface area contributed by atoms with Crippen LogP contribution >= 0.6 is 0 Å². The number of aliphatic hydroxyl groups is 1. The minimum atomic E-state index is -0.933. The van der Waals surface area contributed by atoms with Crippen molar-refractivity contribution in [2.75, 3.05) is 5.32 Å². The van der Waals surface area contributed by atoms with E-state index in [4.69, 9.17) is 13.9 Å². The second-order valence-electron chi connectivity index (χ2n) is 9.92. The van der Waals surface area contributed by atoms with Gasteiger partial charge in [-0.25, -0.2) is 4.79 Å². The highest BCUT2D eigenvalue weighted by atomic mass is 16.7. The number of carbonyl (C=O) groups excluding carboxylic acids is 1. The van der Waals surface area contributed by atoms with Crippen LogP contribution in [0.15, 0.2) is 57.3 Å². The van der Waals surface area contributed by atoms with Gasteiger partial charge in [-0.2, -0.15) is 0 Å². The van der Waals surface area contributed by atoms with Crippen LogP contribution in [-0.4, -0.2) is 39.2 Å². The summed E-state index contributed by atoms with van der Waals surface area (Å²) in [6.45, 7) is 7.42. The van der Waals surface area contributed by atoms with Gasteiger partial charge in [0.15, 0.2) is 11.4 Å². The van der Waals surface area contributed by atoms with Gasteiger partial charge in [-0.1, -0.05) is 11.6 Å². The minimum absolute atomic E-state index is 0.0542. The summed E-state index contributed by atoms with van der Waals surface area (Å²) in [4.78, 5) is 25.5. The van der Waals surface area contributed by atoms with Crippen LogP contribution in [0.4, 0.5) is 5.69 Å². The monoisotopic (exact) mass is 509 g/mol. The molecule has 2 aromatic carbocycles. The van der Waals surface area contributed by atoms with Gasteiger partial charge in [-0.05, 0) is 76.4 Å². The van der Waals surface area contributed by atoms with Crippen LogP contribution in [0.5, 0.6) is 17.2 Å². The van der Waals surface area contributed by atoms with Gasteiger partial charge in [0.25, 0.3) is 5.91 Å². The molecule has 2 unspecified atom stereocenters. The Labute approximate surface area is 214 Å². The second-order valence-corrected chi connectivity index (χ2v) is 9.92. The first-order chi connectivity index (χ1) is 17.4. The molecule has 1 fully saturated rings. The molecule has 1 aliphatic heterocycles. The molecule has 1 aromatic heterocycles. The lowest BCUT2D eigenvalue weighted by atomic mass is 9.94. The Morgan fingerprint density at radius 2 is 1.92 bits per heavy atom. The Kier molecular flexibility index (Phi) is 7.29. The number of aromatic hydroxyl groups is 2. The Hall–Kier alpha value is -3.82. The van der Waals surface area contributed by atoms with Crippen molar-refractivity contribution in [3.05, 3.63) is 69.6 Å². The summed E-state index contributed by atoms with van der Waals surface area (Å²) in [5.41, 5.74) is -0.193. The highest BCUT2D eigenvalue weighted by Gasteiger charge is 2.37. The SMILES string of the molecule is CC(C)=CCc1cc(C(=O)Nc2c(O)c3ccc(OC4CCC(O)C(C)(C)O4)cc3oc2=O)ccc1O. The molecule has 196 valence electrons. The van der Waals surface area contributed by atoms with Crippen LogP contribution < -0.4 is 15.7 Å². The lowest BCUT2D eigenvalue weighted by Gasteiger charge is -2.39. The maximum absolute atomic E-state index is 12.9. The fourth-order valence-electron chi connectivity index (χ4n) is 4.09. The van der Waals surface area contributed by atoms with Crippen LogP contribution in [0.25, 0.3) is 11.0 Å². The van der Waals surface area contributed by atoms with E-state index in [-0.39, 0.29) is 22.3 Å². The van der Waals surface area contributed by atoms with Crippen molar-refractivity contribution in [2.45, 2.75) is 65.0 Å². The van der Waals surface area contributed by atoms with Crippen molar-refractivity contribution in [1.82, 2.24) is 0 Å². The topological polar surface area (TPSA) is 138 Å². The van der Waals surface area contributed by atoms with E-state index in [1.54, 1.807) is 19.9 Å². The van der Waals surface area contributed by atoms with E-state index in [1.807, 2.05) is 19.9 Å². The van der Waals surface area contributed by atoms with Gasteiger partial charge in [0.1, 0.15) is 17.1 Å². The molecule has 0 radical (unpaired) electrons. The molecule has 2 atom stereocenters. The average Bonchev–Trinajstić information content (AvgIpc) is 2.83. The third-order valence-electron chi connectivity index (χ3n) is 6.34. The smallest absolute Gasteiger partial charge is 0.364 e. The summed E-state index contributed by atoms with van der Waals surface area (Å²) < 4.78 is 17.0. The number of amides is 1. The number of allylic oxidation sites excluding steroid dienone is 2. The molecule has 1 aliphatic rings. The van der Waals surface area contributed by atoms with E-state index >= 15 is 0 Å². The maximum atomic E-state index is 12.9. The zero-order valence-electron chi connectivity index (χ0n) is 21.2. The lowest BCUT2D eigenvalue weighted by molar-refractivity contribution is -0.227. The average molecular weight is 510 g/mol. The minimum Gasteiger partial charge on any atom is -0.508 e. The maximum Gasteiger partial charge on any atom is 0.364 e. The van der Waals surface area contributed by atoms with Crippen LogP contribution in [0.1, 0.15) is 56.5 Å². The van der Waals surface area contributed by atoms with Crippen molar-refractivity contribution in [2.24, 2.45) is 0 Å². The molecule has 9 heteroatoms. The summed E-state index contributed by atoms with van der Waals surface area (Å²) in [7, 11) is 0. The van der Waals surface area contributed by atoms with Gasteiger partial charge in [0.05, 0.1) is 17.1 Å². The molecule has 0 spiro atoms. The predicted molar refractivity (Wildman–Crippen MR) is 138 cm³/mol. The molecular weight excluding hydrogens is 478 g/mol. The molecule has 4 N–H and O–H groups in total. The Balaban J connectivity index is 1.56. The normalized spacial score (nSPS) is 18.8. The number of aliphatic hydroxyl groups excluding tert-OH is 1. The Morgan fingerprint density at radius 1 is 1.16 bits per heavy atom. The number of phenolic OH excluding ortho intramolecular Hbond substituents is 1. The predicted octanol–water partition coefficient (Wildman–Crippen LogP) is 4.62. The van der Waals surface area contributed by atoms with Crippen molar-refractivity contribution < 1.29 is 34.0 Å². The molecule has 9 nitrogen and oxygen atoms in total. The van der Waals surface area contributed by atoms with E-state index in [9.17, 15) is 24.9 Å². The number of rotatable bonds is 6. The van der Waals surface area contributed by atoms with Crippen LogP contribution in [0.3, 0.4) is 0 Å². The van der Waals surface area contributed by atoms with Crippen molar-refractivity contribution in [3.63, 3.8) is 0 Å². The van der Waals surface area contributed by atoms with Crippen molar-refractivity contribution in [1.29, 1.82) is 0 Å². The van der Waals surface area contributed by atoms with Crippen LogP contribution in [0.2, 0.25) is 0 Å². The molecule has 1 amide bonds. The zero-order chi connectivity index (χ0) is 26.9. The number of fused-ring (bicyclic) bond motifs is 1. The lowest BCUT2D eigenvalue weighted by Crippen LogP contribution is -2.48. The van der Waals surface area contributed by atoms with E-state index in [1.165, 1.54) is 30.3 Å². The van der Waals surface area contributed by atoms with Gasteiger partial charge in [-0.15, -0.1) is 0 Å². The number of anilines is 1. The van der Waals surface area contributed by atoms with Gasteiger partial charge >= 0.3 is 5.63 Å². The molecular formula is C28H31NO8. The highest BCUT2D eigenvalue weighted by Crippen LogP contribution is 2.34. The van der Waals surface area contributed by atoms with Gasteiger partial charge < -0.3 is 34.5 Å². The summed E-state index contributed by atoms with van der Waals surface area (Å²) >= 11 is 0. The van der Waals surface area contributed by atoms with Gasteiger partial charge in [0.2, 0.25) is 6.29 Å². The number of nitrogens with one attached hydrogen (secondary N) is 1. The van der Waals surface area contributed by atoms with E-state index < -0.39 is 41.0 Å². The Morgan fingerprint density at radius 3 is 2.62 bits per heavy atom.